The van der Waals surface area contributed by atoms with Crippen molar-refractivity contribution in [3.05, 3.63) is 41.2 Å². The smallest absolute Gasteiger partial charge is 0.264 e. The fraction of sp³-hybridized carbons (Fsp3) is 0.586. The molecule has 1 aromatic carbocycles. The number of hydrogen-bond donors (Lipinski definition) is 2. The van der Waals surface area contributed by atoms with Gasteiger partial charge in [0, 0.05) is 64.8 Å². The Kier molecular flexibility index (Phi) is 21.9. The van der Waals surface area contributed by atoms with Crippen LogP contribution in [-0.4, -0.2) is 115 Å². The van der Waals surface area contributed by atoms with Crippen molar-refractivity contribution >= 4 is 24.3 Å². The number of rotatable bonds is 22. The van der Waals surface area contributed by atoms with Gasteiger partial charge in [-0.15, -0.1) is 0 Å². The monoisotopic (exact) mass is 750 g/mol. The van der Waals surface area contributed by atoms with Crippen LogP contribution in [0.1, 0.15) is 12.5 Å². The Balaban J connectivity index is 0.00000924. The van der Waals surface area contributed by atoms with Crippen molar-refractivity contribution in [3.63, 3.8) is 0 Å². The van der Waals surface area contributed by atoms with E-state index in [0.29, 0.717) is 91.3 Å². The zero-order chi connectivity index (χ0) is 30.4. The number of halogens is 1. The number of nitrogens with zero attached hydrogens (tertiary/aromatic N) is 2. The van der Waals surface area contributed by atoms with Crippen molar-refractivity contribution in [3.8, 4) is 6.07 Å². The van der Waals surface area contributed by atoms with E-state index < -0.39 is 17.6 Å². The van der Waals surface area contributed by atoms with Crippen LogP contribution in [0.4, 0.5) is 4.39 Å². The van der Waals surface area contributed by atoms with E-state index in [2.05, 4.69) is 10.6 Å². The molecule has 0 aromatic heterocycles. The average Bonchev–Trinajstić information content (AvgIpc) is 3.39. The molecule has 3 amide bonds. The predicted molar refractivity (Wildman–Crippen MR) is 150 cm³/mol. The summed E-state index contributed by atoms with van der Waals surface area (Å²) in [6, 6.07) is 7.41. The summed E-state index contributed by atoms with van der Waals surface area (Å²) < 4.78 is 40.1. The number of ether oxygens (including phenoxy) is 5. The summed E-state index contributed by atoms with van der Waals surface area (Å²) in [4.78, 5) is 37.0. The minimum Gasteiger partial charge on any atom is -0.528 e. The summed E-state index contributed by atoms with van der Waals surface area (Å²) in [6.45, 7) is 7.35. The molecule has 2 rings (SSSR count). The van der Waals surface area contributed by atoms with E-state index in [1.54, 1.807) is 6.41 Å². The molecular formula is C29H40FN4O8Tb-. The number of nitriles is 1. The molecule has 0 aliphatic carbocycles. The van der Waals surface area contributed by atoms with Crippen molar-refractivity contribution < 1.29 is 81.1 Å². The molecule has 1 fully saturated rings. The van der Waals surface area contributed by atoms with Crippen molar-refractivity contribution in [1.82, 2.24) is 15.5 Å². The molecule has 12 nitrogen and oxygen atoms in total. The van der Waals surface area contributed by atoms with Crippen molar-refractivity contribution in [1.29, 1.82) is 5.26 Å². The van der Waals surface area contributed by atoms with Crippen LogP contribution in [0.2, 0.25) is 0 Å². The second-order valence-corrected chi connectivity index (χ2v) is 9.40. The van der Waals surface area contributed by atoms with Gasteiger partial charge < -0.3 is 44.0 Å². The van der Waals surface area contributed by atoms with Gasteiger partial charge in [0.2, 0.25) is 5.91 Å². The van der Waals surface area contributed by atoms with Gasteiger partial charge in [-0.2, -0.15) is 11.7 Å². The van der Waals surface area contributed by atoms with E-state index in [-0.39, 0.29) is 62.6 Å². The summed E-state index contributed by atoms with van der Waals surface area (Å²) in [6.07, 6.45) is 2.99. The van der Waals surface area contributed by atoms with Gasteiger partial charge in [0.15, 0.2) is 0 Å². The summed E-state index contributed by atoms with van der Waals surface area (Å²) in [5.74, 6) is -1.49. The van der Waals surface area contributed by atoms with Gasteiger partial charge >= 0.3 is 0 Å². The van der Waals surface area contributed by atoms with Crippen LogP contribution in [0.25, 0.3) is 6.08 Å². The molecule has 1 aliphatic heterocycles. The molecule has 241 valence electrons. The quantitative estimate of drug-likeness (QED) is 0.0575. The normalized spacial score (nSPS) is 16.3. The second-order valence-electron chi connectivity index (χ2n) is 9.40. The molecule has 0 bridgehead atoms. The average molecular weight is 751 g/mol. The largest absolute Gasteiger partial charge is 0.528 e. The third-order valence-electron chi connectivity index (χ3n) is 6.25. The molecule has 1 saturated heterocycles. The molecule has 1 heterocycles. The van der Waals surface area contributed by atoms with Crippen LogP contribution in [0.3, 0.4) is 0 Å². The second kappa shape index (κ2) is 24.2. The molecule has 1 aliphatic rings. The Morgan fingerprint density at radius 2 is 1.44 bits per heavy atom. The maximum Gasteiger partial charge on any atom is 0.264 e. The zero-order valence-electron chi connectivity index (χ0n) is 24.3. The fourth-order valence-electron chi connectivity index (χ4n) is 4.05. The van der Waals surface area contributed by atoms with Crippen LogP contribution in [-0.2, 0) is 38.1 Å². The number of hydrogen-bond acceptors (Lipinski definition) is 9. The van der Waals surface area contributed by atoms with Crippen LogP contribution in [0.15, 0.2) is 29.8 Å². The first-order valence-corrected chi connectivity index (χ1v) is 13.9. The Morgan fingerprint density at radius 3 is 1.95 bits per heavy atom. The topological polar surface area (TPSA) is 148 Å². The molecular weight excluding hydrogens is 710 g/mol. The van der Waals surface area contributed by atoms with Gasteiger partial charge in [-0.05, 0) is 29.7 Å². The number of amides is 3. The summed E-state index contributed by atoms with van der Waals surface area (Å²) >= 11 is 0. The Morgan fingerprint density at radius 1 is 0.930 bits per heavy atom. The number of nitrogens with one attached hydrogen (secondary N) is 2. The minimum atomic E-state index is -0.451. The Hall–Kier alpha value is -2.12. The van der Waals surface area contributed by atoms with Crippen LogP contribution >= 0.6 is 0 Å². The summed E-state index contributed by atoms with van der Waals surface area (Å²) in [5.41, 5.74) is 0.479. The first-order valence-electron chi connectivity index (χ1n) is 13.9. The maximum atomic E-state index is 13.1. The van der Waals surface area contributed by atoms with E-state index in [1.165, 1.54) is 35.2 Å². The van der Waals surface area contributed by atoms with E-state index in [9.17, 15) is 24.0 Å². The van der Waals surface area contributed by atoms with Crippen LogP contribution < -0.4 is 10.6 Å². The molecule has 0 unspecified atom stereocenters. The van der Waals surface area contributed by atoms with E-state index in [4.69, 9.17) is 23.7 Å². The maximum absolute atomic E-state index is 13.1. The van der Waals surface area contributed by atoms with Gasteiger partial charge in [-0.3, -0.25) is 9.59 Å². The minimum absolute atomic E-state index is 0. The summed E-state index contributed by atoms with van der Waals surface area (Å²) in [5, 5.41) is 14.7. The Labute approximate surface area is 283 Å². The molecule has 0 saturated carbocycles. The van der Waals surface area contributed by atoms with Crippen LogP contribution in [0, 0.1) is 67.6 Å². The van der Waals surface area contributed by atoms with Gasteiger partial charge in [-0.25, -0.2) is 4.39 Å². The number of likely N-dealkylation sites (tertiary alicyclic amines) is 1. The molecule has 1 radical (unpaired) electrons. The molecule has 2 N–H and O–H groups in total. The Bertz CT molecular complexity index is 1020. The van der Waals surface area contributed by atoms with Crippen molar-refractivity contribution in [2.24, 2.45) is 11.8 Å². The van der Waals surface area contributed by atoms with Crippen LogP contribution in [0.5, 0.6) is 0 Å². The van der Waals surface area contributed by atoms with Gasteiger partial charge in [0.05, 0.1) is 72.0 Å². The van der Waals surface area contributed by atoms with Gasteiger partial charge in [0.1, 0.15) is 17.5 Å². The SMILES string of the molecule is C[C@@H]1CN(C(=O)/C(C#N)=C/c2ccc(F)cc2)C[C@H]1C(=O)NCCOCCOCCOCCOCCOCCN[C-]=O.[Tb]. The van der Waals surface area contributed by atoms with E-state index in [1.807, 2.05) is 13.0 Å². The first kappa shape index (κ1) is 38.9. The third-order valence-corrected chi connectivity index (χ3v) is 6.25. The zero-order valence-corrected chi connectivity index (χ0v) is 26.5. The standard InChI is InChI=1S/C29H40FN4O8.Tb/c1-23-20-34(29(37)25(19-31)18-24-2-4-26(30)5-3-24)21-27(23)28(36)33-7-9-39-11-13-41-15-17-42-16-14-40-12-10-38-8-6-32-22-35;/h2-5,18,23,27H,6-17,20-21H2,1H3,(H,32,35)(H,33,36);/q-1;/b25-18+;/t23-,27-;/m1./s1. The van der Waals surface area contributed by atoms with Crippen molar-refractivity contribution in [2.75, 3.05) is 92.2 Å². The third kappa shape index (κ3) is 16.5. The fourth-order valence-corrected chi connectivity index (χ4v) is 4.05. The number of benzene rings is 1. The van der Waals surface area contributed by atoms with E-state index in [0.717, 1.165) is 0 Å². The first-order chi connectivity index (χ1) is 20.5. The molecule has 1 aromatic rings. The molecule has 14 heteroatoms. The molecule has 2 atom stereocenters. The number of carbonyl (C=O) groups excluding carboxylic acids is 3. The molecule has 0 spiro atoms. The van der Waals surface area contributed by atoms with Gasteiger partial charge in [0.25, 0.3) is 5.91 Å². The van der Waals surface area contributed by atoms with Gasteiger partial charge in [-0.1, -0.05) is 19.1 Å². The number of carbonyl (C=O) groups is 2. The van der Waals surface area contributed by atoms with Crippen molar-refractivity contribution in [2.45, 2.75) is 6.92 Å². The summed E-state index contributed by atoms with van der Waals surface area (Å²) in [7, 11) is 0. The molecule has 43 heavy (non-hydrogen) atoms. The van der Waals surface area contributed by atoms with E-state index >= 15 is 0 Å². The predicted octanol–water partition coefficient (Wildman–Crippen LogP) is 0.683.